The Balaban J connectivity index is 2.21. The molecule has 2 aromatic rings. The second kappa shape index (κ2) is 6.53. The predicted molar refractivity (Wildman–Crippen MR) is 77.3 cm³/mol. The lowest BCUT2D eigenvalue weighted by Gasteiger charge is -2.11. The molecule has 21 heavy (non-hydrogen) atoms. The molecule has 0 aliphatic carbocycles. The zero-order valence-electron chi connectivity index (χ0n) is 10.7. The summed E-state index contributed by atoms with van der Waals surface area (Å²) in [6, 6.07) is 8.46. The maximum Gasteiger partial charge on any atom is 0.173 e. The van der Waals surface area contributed by atoms with E-state index in [1.54, 1.807) is 18.2 Å². The topological polar surface area (TPSA) is 67.8 Å². The van der Waals surface area contributed by atoms with Crippen molar-refractivity contribution >= 4 is 21.8 Å². The Morgan fingerprint density at radius 1 is 1.19 bits per heavy atom. The Hall–Kier alpha value is -2.15. The van der Waals surface area contributed by atoms with Gasteiger partial charge in [-0.3, -0.25) is 0 Å². The van der Waals surface area contributed by atoms with Crippen LogP contribution in [-0.4, -0.2) is 11.0 Å². The Bertz CT molecular complexity index is 693. The fourth-order valence-corrected chi connectivity index (χ4v) is 2.03. The van der Waals surface area contributed by atoms with Crippen molar-refractivity contribution in [2.24, 2.45) is 10.9 Å². The number of hydrogen-bond donors (Lipinski definition) is 2. The summed E-state index contributed by atoms with van der Waals surface area (Å²) < 4.78 is 32.2. The highest BCUT2D eigenvalue weighted by Gasteiger charge is 2.10. The summed E-state index contributed by atoms with van der Waals surface area (Å²) in [4.78, 5) is 0. The van der Waals surface area contributed by atoms with Crippen LogP contribution in [0.2, 0.25) is 0 Å². The molecule has 0 aromatic heterocycles. The third kappa shape index (κ3) is 3.69. The molecule has 0 bridgehead atoms. The summed E-state index contributed by atoms with van der Waals surface area (Å²) >= 11 is 3.27. The minimum Gasteiger partial charge on any atom is -0.488 e. The quantitative estimate of drug-likeness (QED) is 0.381. The molecule has 0 unspecified atom stereocenters. The SMILES string of the molecule is N/C(=N/O)c1cc(Br)ccc1OCc1ccc(F)c(F)c1. The fourth-order valence-electron chi connectivity index (χ4n) is 1.67. The van der Waals surface area contributed by atoms with Crippen LogP contribution in [0.1, 0.15) is 11.1 Å². The van der Waals surface area contributed by atoms with Gasteiger partial charge >= 0.3 is 0 Å². The van der Waals surface area contributed by atoms with Crippen molar-refractivity contribution in [3.8, 4) is 5.75 Å². The van der Waals surface area contributed by atoms with Gasteiger partial charge in [-0.2, -0.15) is 0 Å². The summed E-state index contributed by atoms with van der Waals surface area (Å²) in [6.07, 6.45) is 0. The van der Waals surface area contributed by atoms with Gasteiger partial charge < -0.3 is 15.7 Å². The molecule has 0 radical (unpaired) electrons. The third-order valence-corrected chi connectivity index (χ3v) is 3.20. The van der Waals surface area contributed by atoms with Crippen molar-refractivity contribution in [2.75, 3.05) is 0 Å². The Labute approximate surface area is 128 Å². The minimum atomic E-state index is -0.941. The summed E-state index contributed by atoms with van der Waals surface area (Å²) in [7, 11) is 0. The van der Waals surface area contributed by atoms with Crippen LogP contribution >= 0.6 is 15.9 Å². The normalized spacial score (nSPS) is 11.5. The van der Waals surface area contributed by atoms with Gasteiger partial charge in [0.25, 0.3) is 0 Å². The summed E-state index contributed by atoms with van der Waals surface area (Å²) in [5.74, 6) is -1.61. The number of nitrogens with two attached hydrogens (primary N) is 1. The molecular formula is C14H11BrF2N2O2. The summed E-state index contributed by atoms with van der Waals surface area (Å²) in [5, 5.41) is 11.7. The molecule has 110 valence electrons. The van der Waals surface area contributed by atoms with Gasteiger partial charge in [-0.25, -0.2) is 8.78 Å². The number of benzene rings is 2. The first kappa shape index (κ1) is 15.2. The first-order valence-corrected chi connectivity index (χ1v) is 6.64. The van der Waals surface area contributed by atoms with E-state index in [1.165, 1.54) is 6.07 Å². The first-order chi connectivity index (χ1) is 10.0. The van der Waals surface area contributed by atoms with E-state index in [2.05, 4.69) is 21.1 Å². The summed E-state index contributed by atoms with van der Waals surface area (Å²) in [5.41, 5.74) is 6.41. The predicted octanol–water partition coefficient (Wildman–Crippen LogP) is 3.40. The maximum atomic E-state index is 13.1. The molecule has 0 fully saturated rings. The first-order valence-electron chi connectivity index (χ1n) is 5.85. The van der Waals surface area contributed by atoms with Gasteiger partial charge in [0.1, 0.15) is 12.4 Å². The molecule has 2 aromatic carbocycles. The standard InChI is InChI=1S/C14H11BrF2N2O2/c15-9-2-4-13(10(6-9)14(18)19-20)21-7-8-1-3-11(16)12(17)5-8/h1-6,20H,7H2,(H2,18,19). The molecule has 0 aliphatic heterocycles. The van der Waals surface area contributed by atoms with Crippen LogP contribution in [0.25, 0.3) is 0 Å². The molecule has 0 heterocycles. The van der Waals surface area contributed by atoms with Crippen LogP contribution in [0.4, 0.5) is 8.78 Å². The van der Waals surface area contributed by atoms with E-state index in [0.717, 1.165) is 16.6 Å². The van der Waals surface area contributed by atoms with Crippen molar-refractivity contribution in [3.05, 3.63) is 63.6 Å². The molecule has 0 atom stereocenters. The second-order valence-corrected chi connectivity index (χ2v) is 5.08. The van der Waals surface area contributed by atoms with Crippen LogP contribution < -0.4 is 10.5 Å². The van der Waals surface area contributed by atoms with Crippen molar-refractivity contribution in [1.29, 1.82) is 0 Å². The van der Waals surface area contributed by atoms with Gasteiger partial charge in [0, 0.05) is 4.47 Å². The number of nitrogens with zero attached hydrogens (tertiary/aromatic N) is 1. The molecule has 0 amide bonds. The van der Waals surface area contributed by atoms with Crippen LogP contribution in [0, 0.1) is 11.6 Å². The van der Waals surface area contributed by atoms with E-state index in [1.807, 2.05) is 0 Å². The molecular weight excluding hydrogens is 346 g/mol. The third-order valence-electron chi connectivity index (χ3n) is 2.70. The molecule has 7 heteroatoms. The number of halogens is 3. The number of hydrogen-bond acceptors (Lipinski definition) is 3. The van der Waals surface area contributed by atoms with Gasteiger partial charge in [0.2, 0.25) is 0 Å². The minimum absolute atomic E-state index is 0.0184. The zero-order chi connectivity index (χ0) is 15.4. The molecule has 0 saturated heterocycles. The smallest absolute Gasteiger partial charge is 0.173 e. The molecule has 0 saturated carbocycles. The molecule has 0 aliphatic rings. The van der Waals surface area contributed by atoms with Gasteiger partial charge in [0.15, 0.2) is 17.5 Å². The monoisotopic (exact) mass is 356 g/mol. The Kier molecular flexibility index (Phi) is 4.74. The highest BCUT2D eigenvalue weighted by molar-refractivity contribution is 9.10. The average Bonchev–Trinajstić information content (AvgIpc) is 2.48. The largest absolute Gasteiger partial charge is 0.488 e. The van der Waals surface area contributed by atoms with Gasteiger partial charge in [0.05, 0.1) is 5.56 Å². The van der Waals surface area contributed by atoms with Crippen molar-refractivity contribution < 1.29 is 18.7 Å². The van der Waals surface area contributed by atoms with E-state index >= 15 is 0 Å². The van der Waals surface area contributed by atoms with E-state index in [4.69, 9.17) is 15.7 Å². The van der Waals surface area contributed by atoms with Crippen LogP contribution in [0.15, 0.2) is 46.0 Å². The van der Waals surface area contributed by atoms with Crippen molar-refractivity contribution in [1.82, 2.24) is 0 Å². The Morgan fingerprint density at radius 2 is 1.95 bits per heavy atom. The van der Waals surface area contributed by atoms with Crippen LogP contribution in [0.3, 0.4) is 0 Å². The van der Waals surface area contributed by atoms with Crippen LogP contribution in [-0.2, 0) is 6.61 Å². The highest BCUT2D eigenvalue weighted by Crippen LogP contribution is 2.24. The fraction of sp³-hybridized carbons (Fsp3) is 0.0714. The Morgan fingerprint density at radius 3 is 2.62 bits per heavy atom. The molecule has 2 rings (SSSR count). The maximum absolute atomic E-state index is 13.1. The van der Waals surface area contributed by atoms with Gasteiger partial charge in [-0.05, 0) is 35.9 Å². The number of amidine groups is 1. The molecule has 4 nitrogen and oxygen atoms in total. The molecule has 3 N–H and O–H groups in total. The number of oxime groups is 1. The van der Waals surface area contributed by atoms with Gasteiger partial charge in [-0.15, -0.1) is 0 Å². The average molecular weight is 357 g/mol. The zero-order valence-corrected chi connectivity index (χ0v) is 12.3. The van der Waals surface area contributed by atoms with Crippen molar-refractivity contribution in [3.63, 3.8) is 0 Å². The lowest BCUT2D eigenvalue weighted by Crippen LogP contribution is -2.15. The summed E-state index contributed by atoms with van der Waals surface area (Å²) in [6.45, 7) is 0.0184. The van der Waals surface area contributed by atoms with Crippen molar-refractivity contribution in [2.45, 2.75) is 6.61 Å². The lowest BCUT2D eigenvalue weighted by atomic mass is 10.2. The number of ether oxygens (including phenoxy) is 1. The van der Waals surface area contributed by atoms with E-state index in [0.29, 0.717) is 16.9 Å². The molecule has 0 spiro atoms. The van der Waals surface area contributed by atoms with E-state index in [9.17, 15) is 8.78 Å². The lowest BCUT2D eigenvalue weighted by molar-refractivity contribution is 0.302. The second-order valence-electron chi connectivity index (χ2n) is 4.16. The van der Waals surface area contributed by atoms with E-state index < -0.39 is 11.6 Å². The highest BCUT2D eigenvalue weighted by atomic mass is 79.9. The van der Waals surface area contributed by atoms with E-state index in [-0.39, 0.29) is 12.4 Å². The van der Waals surface area contributed by atoms with Crippen LogP contribution in [0.5, 0.6) is 5.75 Å². The number of rotatable bonds is 4. The van der Waals surface area contributed by atoms with Gasteiger partial charge in [-0.1, -0.05) is 27.2 Å².